The third-order valence-corrected chi connectivity index (χ3v) is 3.71. The fraction of sp³-hybridized carbons (Fsp3) is 0. The molecule has 3 rings (SSSR count). The molecule has 2 aromatic carbocycles. The predicted octanol–water partition coefficient (Wildman–Crippen LogP) is 2.97. The molecule has 0 saturated heterocycles. The monoisotopic (exact) mass is 390 g/mol. The van der Waals surface area contributed by atoms with Gasteiger partial charge in [-0.15, -0.1) is 0 Å². The highest BCUT2D eigenvalue weighted by molar-refractivity contribution is 5.94. The van der Waals surface area contributed by atoms with Gasteiger partial charge in [0.25, 0.3) is 11.6 Å². The number of carbonyl (C=O) groups is 2. The molecule has 9 nitrogen and oxygen atoms in total. The van der Waals surface area contributed by atoms with Gasteiger partial charge in [-0.25, -0.2) is 10.2 Å². The van der Waals surface area contributed by atoms with Crippen LogP contribution in [0.4, 0.5) is 5.69 Å². The molecule has 0 spiro atoms. The van der Waals surface area contributed by atoms with Crippen LogP contribution in [-0.2, 0) is 0 Å². The number of nitro benzene ring substituents is 1. The molecule has 0 aliphatic heterocycles. The van der Waals surface area contributed by atoms with Gasteiger partial charge in [0.15, 0.2) is 0 Å². The molecule has 0 saturated carbocycles. The van der Waals surface area contributed by atoms with Crippen molar-refractivity contribution in [2.24, 2.45) is 5.10 Å². The first kappa shape index (κ1) is 19.4. The quantitative estimate of drug-likeness (QED) is 0.227. The molecule has 0 aliphatic carbocycles. The van der Waals surface area contributed by atoms with E-state index in [4.69, 9.17) is 4.74 Å². The number of carbonyl (C=O) groups excluding carboxylic acids is 2. The van der Waals surface area contributed by atoms with E-state index in [-0.39, 0.29) is 22.9 Å². The lowest BCUT2D eigenvalue weighted by molar-refractivity contribution is -0.384. The Kier molecular flexibility index (Phi) is 6.01. The van der Waals surface area contributed by atoms with Crippen LogP contribution >= 0.6 is 0 Å². The predicted molar refractivity (Wildman–Crippen MR) is 104 cm³/mol. The van der Waals surface area contributed by atoms with E-state index in [1.54, 1.807) is 36.4 Å². The molecule has 0 fully saturated rings. The summed E-state index contributed by atoms with van der Waals surface area (Å²) in [6.45, 7) is 0. The molecule has 29 heavy (non-hydrogen) atoms. The van der Waals surface area contributed by atoms with Crippen LogP contribution in [0, 0.1) is 10.1 Å². The molecule has 0 aliphatic rings. The van der Waals surface area contributed by atoms with Gasteiger partial charge in [0.2, 0.25) is 0 Å². The van der Waals surface area contributed by atoms with Crippen molar-refractivity contribution in [1.82, 2.24) is 10.4 Å². The van der Waals surface area contributed by atoms with Crippen molar-refractivity contribution in [3.8, 4) is 5.75 Å². The summed E-state index contributed by atoms with van der Waals surface area (Å²) in [6, 6.07) is 14.8. The van der Waals surface area contributed by atoms with Crippen LogP contribution in [0.3, 0.4) is 0 Å². The number of pyridine rings is 1. The number of aromatic nitrogens is 1. The Balaban J connectivity index is 1.58. The fourth-order valence-corrected chi connectivity index (χ4v) is 2.27. The average molecular weight is 390 g/mol. The van der Waals surface area contributed by atoms with Crippen LogP contribution < -0.4 is 10.2 Å². The highest BCUT2D eigenvalue weighted by atomic mass is 16.6. The van der Waals surface area contributed by atoms with Crippen LogP contribution in [0.25, 0.3) is 0 Å². The first-order valence-corrected chi connectivity index (χ1v) is 8.33. The second-order valence-electron chi connectivity index (χ2n) is 5.70. The highest BCUT2D eigenvalue weighted by Crippen LogP contribution is 2.17. The van der Waals surface area contributed by atoms with Crippen molar-refractivity contribution in [3.05, 3.63) is 99.9 Å². The number of nitrogens with one attached hydrogen (secondary N) is 1. The van der Waals surface area contributed by atoms with E-state index in [9.17, 15) is 19.7 Å². The Morgan fingerprint density at radius 1 is 1.03 bits per heavy atom. The lowest BCUT2D eigenvalue weighted by Crippen LogP contribution is -2.17. The SMILES string of the molecule is O=C(N/N=C\c1ccc(OC(=O)c2cccc([N+](=O)[O-])c2)cc1)c1ccncc1. The second-order valence-corrected chi connectivity index (χ2v) is 5.70. The Bertz CT molecular complexity index is 1070. The number of esters is 1. The first-order valence-electron chi connectivity index (χ1n) is 8.33. The zero-order valence-corrected chi connectivity index (χ0v) is 14.9. The fourth-order valence-electron chi connectivity index (χ4n) is 2.27. The van der Waals surface area contributed by atoms with Crippen molar-refractivity contribution in [1.29, 1.82) is 0 Å². The van der Waals surface area contributed by atoms with E-state index < -0.39 is 10.9 Å². The molecule has 1 amide bonds. The number of hydrogen-bond acceptors (Lipinski definition) is 7. The number of rotatable bonds is 6. The summed E-state index contributed by atoms with van der Waals surface area (Å²) in [7, 11) is 0. The van der Waals surface area contributed by atoms with Crippen molar-refractivity contribution in [2.75, 3.05) is 0 Å². The molecule has 3 aromatic rings. The summed E-state index contributed by atoms with van der Waals surface area (Å²) in [6.07, 6.45) is 4.45. The van der Waals surface area contributed by atoms with Crippen LogP contribution in [0.5, 0.6) is 5.75 Å². The van der Waals surface area contributed by atoms with E-state index in [1.165, 1.54) is 36.8 Å². The maximum Gasteiger partial charge on any atom is 0.343 e. The summed E-state index contributed by atoms with van der Waals surface area (Å²) in [5.74, 6) is -0.814. The van der Waals surface area contributed by atoms with E-state index in [0.29, 0.717) is 11.1 Å². The number of nitrogens with zero attached hydrogens (tertiary/aromatic N) is 3. The van der Waals surface area contributed by atoms with Crippen LogP contribution in [0.1, 0.15) is 26.3 Å². The maximum atomic E-state index is 12.1. The highest BCUT2D eigenvalue weighted by Gasteiger charge is 2.13. The lowest BCUT2D eigenvalue weighted by Gasteiger charge is -2.04. The van der Waals surface area contributed by atoms with Crippen molar-refractivity contribution in [3.63, 3.8) is 0 Å². The molecular formula is C20H14N4O5. The third-order valence-electron chi connectivity index (χ3n) is 3.71. The van der Waals surface area contributed by atoms with Gasteiger partial charge in [-0.3, -0.25) is 19.9 Å². The molecule has 1 heterocycles. The largest absolute Gasteiger partial charge is 0.423 e. The molecule has 0 atom stereocenters. The molecular weight excluding hydrogens is 376 g/mol. The van der Waals surface area contributed by atoms with E-state index >= 15 is 0 Å². The standard InChI is InChI=1S/C20H14N4O5/c25-19(15-8-10-21-11-9-15)23-22-13-14-4-6-18(7-5-14)29-20(26)16-2-1-3-17(12-16)24(27)28/h1-13H,(H,23,25)/b22-13-. The van der Waals surface area contributed by atoms with E-state index in [1.807, 2.05) is 0 Å². The summed E-state index contributed by atoms with van der Waals surface area (Å²) in [5, 5.41) is 14.7. The molecule has 1 aromatic heterocycles. The number of ether oxygens (including phenoxy) is 1. The van der Waals surface area contributed by atoms with Gasteiger partial charge in [-0.05, 0) is 48.0 Å². The number of amides is 1. The van der Waals surface area contributed by atoms with Crippen molar-refractivity contribution >= 4 is 23.8 Å². The van der Waals surface area contributed by atoms with Crippen molar-refractivity contribution < 1.29 is 19.2 Å². The van der Waals surface area contributed by atoms with Gasteiger partial charge in [-0.1, -0.05) is 6.07 Å². The van der Waals surface area contributed by atoms with Gasteiger partial charge in [0.05, 0.1) is 16.7 Å². The Morgan fingerprint density at radius 2 is 1.76 bits per heavy atom. The summed E-state index contributed by atoms with van der Waals surface area (Å²) < 4.78 is 5.21. The number of benzene rings is 2. The lowest BCUT2D eigenvalue weighted by atomic mass is 10.2. The maximum absolute atomic E-state index is 12.1. The van der Waals surface area contributed by atoms with Crippen molar-refractivity contribution in [2.45, 2.75) is 0 Å². The molecule has 144 valence electrons. The van der Waals surface area contributed by atoms with E-state index in [0.717, 1.165) is 6.07 Å². The smallest absolute Gasteiger partial charge is 0.343 e. The van der Waals surface area contributed by atoms with Gasteiger partial charge in [0, 0.05) is 30.1 Å². The van der Waals surface area contributed by atoms with Crippen LogP contribution in [-0.4, -0.2) is 28.0 Å². The molecule has 9 heteroatoms. The number of non-ortho nitro benzene ring substituents is 1. The Labute approximate surface area is 164 Å². The minimum absolute atomic E-state index is 0.0728. The number of nitro groups is 1. The topological polar surface area (TPSA) is 124 Å². The minimum atomic E-state index is -0.709. The zero-order valence-electron chi connectivity index (χ0n) is 14.9. The molecule has 0 radical (unpaired) electrons. The first-order chi connectivity index (χ1) is 14.0. The number of hydrogen-bond donors (Lipinski definition) is 1. The third kappa shape index (κ3) is 5.30. The molecule has 0 bridgehead atoms. The molecule has 1 N–H and O–H groups in total. The Hall–Kier alpha value is -4.40. The number of hydrazone groups is 1. The summed E-state index contributed by atoms with van der Waals surface area (Å²) >= 11 is 0. The van der Waals surface area contributed by atoms with Crippen LogP contribution in [0.2, 0.25) is 0 Å². The average Bonchev–Trinajstić information content (AvgIpc) is 2.75. The second kappa shape index (κ2) is 9.00. The Morgan fingerprint density at radius 3 is 2.45 bits per heavy atom. The van der Waals surface area contributed by atoms with Crippen LogP contribution in [0.15, 0.2) is 78.2 Å². The summed E-state index contributed by atoms with van der Waals surface area (Å²) in [5.41, 5.74) is 3.36. The van der Waals surface area contributed by atoms with Gasteiger partial charge < -0.3 is 4.74 Å². The van der Waals surface area contributed by atoms with Gasteiger partial charge in [-0.2, -0.15) is 5.10 Å². The van der Waals surface area contributed by atoms with E-state index in [2.05, 4.69) is 15.5 Å². The summed E-state index contributed by atoms with van der Waals surface area (Å²) in [4.78, 5) is 38.0. The van der Waals surface area contributed by atoms with Gasteiger partial charge in [0.1, 0.15) is 5.75 Å². The normalized spacial score (nSPS) is 10.5. The molecule has 0 unspecified atom stereocenters. The van der Waals surface area contributed by atoms with Gasteiger partial charge >= 0.3 is 5.97 Å². The zero-order chi connectivity index (χ0) is 20.6. The minimum Gasteiger partial charge on any atom is -0.423 e.